The Bertz CT molecular complexity index is 975. The van der Waals surface area contributed by atoms with Gasteiger partial charge in [-0.25, -0.2) is 0 Å². The minimum absolute atomic E-state index is 0.920. The lowest BCUT2D eigenvalue weighted by molar-refractivity contribution is 0.420. The monoisotopic (exact) mass is 325 g/mol. The number of ether oxygens (including phenoxy) is 1. The highest BCUT2D eigenvalue weighted by Crippen LogP contribution is 2.39. The van der Waals surface area contributed by atoms with Gasteiger partial charge < -0.3 is 4.74 Å². The predicted molar refractivity (Wildman–Crippen MR) is 107 cm³/mol. The molecular weight excluding hydrogens is 304 g/mol. The second kappa shape index (κ2) is 6.60. The number of hydrogen-bond donors (Lipinski definition) is 0. The maximum Gasteiger partial charge on any atom is 0.126 e. The van der Waals surface area contributed by atoms with E-state index in [1.54, 1.807) is 7.11 Å². The molecule has 1 aliphatic carbocycles. The normalized spacial score (nSPS) is 14.2. The van der Waals surface area contributed by atoms with Crippen molar-refractivity contribution < 1.29 is 4.74 Å². The molecule has 4 rings (SSSR count). The van der Waals surface area contributed by atoms with Gasteiger partial charge in [-0.3, -0.25) is 0 Å². The molecule has 0 bridgehead atoms. The van der Waals surface area contributed by atoms with Gasteiger partial charge in [0.2, 0.25) is 0 Å². The van der Waals surface area contributed by atoms with E-state index in [9.17, 15) is 0 Å². The zero-order chi connectivity index (χ0) is 17.2. The molecule has 0 spiro atoms. The van der Waals surface area contributed by atoms with Crippen LogP contribution in [-0.4, -0.2) is 7.11 Å². The second-order valence-corrected chi connectivity index (χ2v) is 6.40. The summed E-state index contributed by atoms with van der Waals surface area (Å²) in [5, 5.41) is 2.38. The maximum atomic E-state index is 5.55. The van der Waals surface area contributed by atoms with Gasteiger partial charge in [0.05, 0.1) is 7.11 Å². The highest BCUT2D eigenvalue weighted by atomic mass is 16.5. The van der Waals surface area contributed by atoms with Crippen LogP contribution in [0, 0.1) is 13.3 Å². The fourth-order valence-corrected chi connectivity index (χ4v) is 3.50. The molecule has 25 heavy (non-hydrogen) atoms. The molecule has 3 aromatic rings. The Labute approximate surface area is 149 Å². The molecule has 0 aromatic heterocycles. The zero-order valence-electron chi connectivity index (χ0n) is 14.6. The molecule has 0 saturated carbocycles. The fraction of sp³-hybridized carbons (Fsp3) is 0.125. The van der Waals surface area contributed by atoms with Crippen LogP contribution in [0.15, 0.2) is 72.8 Å². The van der Waals surface area contributed by atoms with Crippen LogP contribution < -0.4 is 4.74 Å². The summed E-state index contributed by atoms with van der Waals surface area (Å²) in [6.07, 6.45) is 7.76. The molecule has 1 heteroatoms. The third kappa shape index (κ3) is 2.87. The summed E-state index contributed by atoms with van der Waals surface area (Å²) in [6, 6.07) is 21.5. The summed E-state index contributed by atoms with van der Waals surface area (Å²) in [5.41, 5.74) is 6.38. The van der Waals surface area contributed by atoms with E-state index in [0.717, 1.165) is 17.6 Å². The minimum Gasteiger partial charge on any atom is -0.496 e. The van der Waals surface area contributed by atoms with Crippen LogP contribution in [0.25, 0.3) is 21.9 Å². The predicted octanol–water partition coefficient (Wildman–Crippen LogP) is 6.23. The van der Waals surface area contributed by atoms with Gasteiger partial charge in [0.25, 0.3) is 0 Å². The van der Waals surface area contributed by atoms with Crippen molar-refractivity contribution in [3.63, 3.8) is 0 Å². The van der Waals surface area contributed by atoms with Crippen LogP contribution in [0.2, 0.25) is 0 Å². The van der Waals surface area contributed by atoms with E-state index in [4.69, 9.17) is 4.74 Å². The smallest absolute Gasteiger partial charge is 0.126 e. The molecule has 0 atom stereocenters. The standard InChI is InChI=1S/C24H21O/c1-17-11-13-18(14-12-17)19-7-3-4-8-20(19)22-15-16-24(25-2)23-10-6-5-9-21(22)23/h3,5-16H,4H2,1-2H3. The van der Waals surface area contributed by atoms with E-state index in [2.05, 4.69) is 86.2 Å². The molecule has 0 N–H and O–H groups in total. The summed E-state index contributed by atoms with van der Waals surface area (Å²) >= 11 is 0. The van der Waals surface area contributed by atoms with E-state index in [1.165, 1.54) is 33.2 Å². The van der Waals surface area contributed by atoms with E-state index < -0.39 is 0 Å². The first-order valence-corrected chi connectivity index (χ1v) is 8.65. The summed E-state index contributed by atoms with van der Waals surface area (Å²) in [5.74, 6) is 0.920. The van der Waals surface area contributed by atoms with Gasteiger partial charge >= 0.3 is 0 Å². The number of benzene rings is 3. The molecule has 0 fully saturated rings. The quantitative estimate of drug-likeness (QED) is 0.554. The molecule has 1 radical (unpaired) electrons. The Hall–Kier alpha value is -2.80. The van der Waals surface area contributed by atoms with Gasteiger partial charge in [-0.05, 0) is 53.5 Å². The Morgan fingerprint density at radius 1 is 0.800 bits per heavy atom. The third-order valence-corrected chi connectivity index (χ3v) is 4.79. The first-order valence-electron chi connectivity index (χ1n) is 8.65. The molecule has 3 aromatic carbocycles. The molecule has 0 saturated heterocycles. The fourth-order valence-electron chi connectivity index (χ4n) is 3.50. The van der Waals surface area contributed by atoms with Crippen LogP contribution >= 0.6 is 0 Å². The van der Waals surface area contributed by atoms with E-state index >= 15 is 0 Å². The van der Waals surface area contributed by atoms with Crippen molar-refractivity contribution in [2.45, 2.75) is 13.3 Å². The van der Waals surface area contributed by atoms with Crippen LogP contribution in [0.3, 0.4) is 0 Å². The summed E-state index contributed by atoms with van der Waals surface area (Å²) in [7, 11) is 1.73. The van der Waals surface area contributed by atoms with Gasteiger partial charge in [0, 0.05) is 5.39 Å². The molecular formula is C24H21O. The third-order valence-electron chi connectivity index (χ3n) is 4.79. The molecule has 0 aliphatic heterocycles. The lowest BCUT2D eigenvalue weighted by Gasteiger charge is -2.19. The van der Waals surface area contributed by atoms with Crippen LogP contribution in [0.5, 0.6) is 5.75 Å². The first-order chi connectivity index (χ1) is 12.3. The van der Waals surface area contributed by atoms with Gasteiger partial charge in [-0.1, -0.05) is 72.3 Å². The van der Waals surface area contributed by atoms with Crippen molar-refractivity contribution >= 4 is 21.9 Å². The Kier molecular flexibility index (Phi) is 4.15. The van der Waals surface area contributed by atoms with Gasteiger partial charge in [0.1, 0.15) is 5.75 Å². The average Bonchev–Trinajstić information content (AvgIpc) is 2.68. The molecule has 0 unspecified atom stereocenters. The Morgan fingerprint density at radius 3 is 2.32 bits per heavy atom. The minimum atomic E-state index is 0.920. The number of fused-ring (bicyclic) bond motifs is 1. The van der Waals surface area contributed by atoms with Gasteiger partial charge in [0.15, 0.2) is 0 Å². The van der Waals surface area contributed by atoms with E-state index in [1.807, 2.05) is 0 Å². The Morgan fingerprint density at radius 2 is 1.56 bits per heavy atom. The lowest BCUT2D eigenvalue weighted by Crippen LogP contribution is -1.98. The highest BCUT2D eigenvalue weighted by molar-refractivity contribution is 6.07. The average molecular weight is 325 g/mol. The topological polar surface area (TPSA) is 9.23 Å². The van der Waals surface area contributed by atoms with Gasteiger partial charge in [-0.15, -0.1) is 0 Å². The molecule has 1 nitrogen and oxygen atoms in total. The van der Waals surface area contributed by atoms with Crippen molar-refractivity contribution in [2.75, 3.05) is 7.11 Å². The number of rotatable bonds is 3. The van der Waals surface area contributed by atoms with Crippen LogP contribution in [0.1, 0.15) is 23.1 Å². The van der Waals surface area contributed by atoms with Crippen molar-refractivity contribution in [2.24, 2.45) is 0 Å². The van der Waals surface area contributed by atoms with E-state index in [0.29, 0.717) is 0 Å². The van der Waals surface area contributed by atoms with Crippen LogP contribution in [-0.2, 0) is 0 Å². The summed E-state index contributed by atoms with van der Waals surface area (Å²) in [6.45, 7) is 2.12. The number of aryl methyl sites for hydroxylation is 1. The van der Waals surface area contributed by atoms with Crippen molar-refractivity contribution in [1.82, 2.24) is 0 Å². The van der Waals surface area contributed by atoms with Crippen LogP contribution in [0.4, 0.5) is 0 Å². The molecule has 0 heterocycles. The first kappa shape index (κ1) is 15.7. The largest absolute Gasteiger partial charge is 0.496 e. The van der Waals surface area contributed by atoms with Crippen molar-refractivity contribution in [3.05, 3.63) is 95.9 Å². The zero-order valence-corrected chi connectivity index (χ0v) is 14.6. The number of allylic oxidation sites excluding steroid dienone is 4. The maximum absolute atomic E-state index is 5.55. The van der Waals surface area contributed by atoms with Crippen molar-refractivity contribution in [1.29, 1.82) is 0 Å². The summed E-state index contributed by atoms with van der Waals surface area (Å²) in [4.78, 5) is 0. The van der Waals surface area contributed by atoms with Gasteiger partial charge in [-0.2, -0.15) is 0 Å². The lowest BCUT2D eigenvalue weighted by atomic mass is 9.85. The van der Waals surface area contributed by atoms with E-state index in [-0.39, 0.29) is 0 Å². The molecule has 1 aliphatic rings. The molecule has 123 valence electrons. The number of methoxy groups -OCH3 is 1. The Balaban J connectivity index is 1.96. The summed E-state index contributed by atoms with van der Waals surface area (Å²) < 4.78 is 5.55. The highest BCUT2D eigenvalue weighted by Gasteiger charge is 2.16. The SMILES string of the molecule is COc1ccc(C2=C(c3ccc(C)cc3)C=CC[CH]2)c2ccccc12. The number of hydrogen-bond acceptors (Lipinski definition) is 1. The van der Waals surface area contributed by atoms with Crippen molar-refractivity contribution in [3.8, 4) is 5.75 Å². The second-order valence-electron chi connectivity index (χ2n) is 6.40. The molecule has 0 amide bonds.